The summed E-state index contributed by atoms with van der Waals surface area (Å²) in [5.74, 6) is -2.39. The van der Waals surface area contributed by atoms with Gasteiger partial charge in [0.05, 0.1) is 11.0 Å². The lowest BCUT2D eigenvalue weighted by molar-refractivity contribution is -0.132. The Hall–Kier alpha value is -2.49. The summed E-state index contributed by atoms with van der Waals surface area (Å²) in [6.45, 7) is 2.31. The van der Waals surface area contributed by atoms with Crippen molar-refractivity contribution in [1.29, 1.82) is 5.26 Å². The van der Waals surface area contributed by atoms with E-state index in [9.17, 15) is 23.3 Å². The van der Waals surface area contributed by atoms with Crippen molar-refractivity contribution in [1.82, 2.24) is 0 Å². The Balaban J connectivity index is 2.35. The number of carbonyl (C=O) groups excluding carboxylic acids is 2. The van der Waals surface area contributed by atoms with E-state index < -0.39 is 37.5 Å². The monoisotopic (exact) mass is 401 g/mol. The number of nitrogens with zero attached hydrogens (tertiary/aromatic N) is 1. The zero-order chi connectivity index (χ0) is 20.0. The van der Waals surface area contributed by atoms with E-state index in [1.807, 2.05) is 6.07 Å². The summed E-state index contributed by atoms with van der Waals surface area (Å²) in [6.07, 6.45) is 0. The summed E-state index contributed by atoms with van der Waals surface area (Å²) in [5.41, 5.74) is -1.55. The number of ketones is 2. The maximum Gasteiger partial charge on any atom is 0.199 e. The van der Waals surface area contributed by atoms with Gasteiger partial charge in [0.25, 0.3) is 0 Å². The molecule has 1 fully saturated rings. The fourth-order valence-electron chi connectivity index (χ4n) is 4.13. The smallest absolute Gasteiger partial charge is 0.199 e. The van der Waals surface area contributed by atoms with Gasteiger partial charge in [-0.25, -0.2) is 8.42 Å². The minimum Gasteiger partial charge on any atom is -0.299 e. The van der Waals surface area contributed by atoms with Gasteiger partial charge >= 0.3 is 0 Å². The summed E-state index contributed by atoms with van der Waals surface area (Å²) in [6, 6.07) is 15.4. The SMILES string of the molecule is CC(=O)C1(C(C)=O)[C@@H](c2ccc(Cl)cc2)[C@]1(C#N)S(=O)(=O)c1ccccc1. The first-order valence-corrected chi connectivity index (χ1v) is 10.0. The predicted molar refractivity (Wildman–Crippen MR) is 100.0 cm³/mol. The van der Waals surface area contributed by atoms with E-state index in [4.69, 9.17) is 11.6 Å². The van der Waals surface area contributed by atoms with Crippen molar-refractivity contribution in [3.63, 3.8) is 0 Å². The number of carbonyl (C=O) groups is 2. The molecule has 0 radical (unpaired) electrons. The van der Waals surface area contributed by atoms with Gasteiger partial charge in [0, 0.05) is 10.9 Å². The lowest BCUT2D eigenvalue weighted by atomic mass is 9.90. The van der Waals surface area contributed by atoms with Crippen LogP contribution >= 0.6 is 11.6 Å². The Bertz CT molecular complexity index is 1060. The number of sulfone groups is 1. The first-order valence-electron chi connectivity index (χ1n) is 8.16. The number of hydrogen-bond acceptors (Lipinski definition) is 5. The number of halogens is 1. The van der Waals surface area contributed by atoms with Crippen LogP contribution in [0.1, 0.15) is 25.3 Å². The largest absolute Gasteiger partial charge is 0.299 e. The van der Waals surface area contributed by atoms with Crippen LogP contribution in [0.25, 0.3) is 0 Å². The highest BCUT2D eigenvalue weighted by Crippen LogP contribution is 2.73. The Kier molecular flexibility index (Phi) is 4.49. The molecule has 3 rings (SSSR count). The summed E-state index contributed by atoms with van der Waals surface area (Å²) in [4.78, 5) is 25.1. The molecule has 0 saturated heterocycles. The van der Waals surface area contributed by atoms with E-state index in [0.717, 1.165) is 13.8 Å². The Morgan fingerprint density at radius 3 is 1.96 bits per heavy atom. The first kappa shape index (κ1) is 19.3. The lowest BCUT2D eigenvalue weighted by Crippen LogP contribution is -2.37. The van der Waals surface area contributed by atoms with Gasteiger partial charge in [0.15, 0.2) is 14.6 Å². The van der Waals surface area contributed by atoms with Crippen molar-refractivity contribution in [3.8, 4) is 6.07 Å². The van der Waals surface area contributed by atoms with Crippen LogP contribution in [0.2, 0.25) is 5.02 Å². The maximum absolute atomic E-state index is 13.5. The van der Waals surface area contributed by atoms with Crippen molar-refractivity contribution in [2.75, 3.05) is 0 Å². The Morgan fingerprint density at radius 2 is 1.52 bits per heavy atom. The second-order valence-corrected chi connectivity index (χ2v) is 9.13. The first-order chi connectivity index (χ1) is 12.7. The van der Waals surface area contributed by atoms with Crippen LogP contribution < -0.4 is 0 Å². The van der Waals surface area contributed by atoms with Crippen LogP contribution in [0.5, 0.6) is 0 Å². The fraction of sp³-hybridized carbons (Fsp3) is 0.250. The molecule has 0 aromatic heterocycles. The molecule has 2 aromatic carbocycles. The van der Waals surface area contributed by atoms with Gasteiger partial charge in [-0.2, -0.15) is 5.26 Å². The molecule has 2 atom stereocenters. The quantitative estimate of drug-likeness (QED) is 0.716. The molecule has 0 bridgehead atoms. The highest BCUT2D eigenvalue weighted by molar-refractivity contribution is 7.93. The van der Waals surface area contributed by atoms with Crippen molar-refractivity contribution in [3.05, 3.63) is 65.2 Å². The predicted octanol–water partition coefficient (Wildman–Crippen LogP) is 3.34. The lowest BCUT2D eigenvalue weighted by Gasteiger charge is -2.16. The van der Waals surface area contributed by atoms with Crippen LogP contribution in [-0.2, 0) is 19.4 Å². The maximum atomic E-state index is 13.5. The second kappa shape index (κ2) is 6.29. The third-order valence-electron chi connectivity index (χ3n) is 5.30. The summed E-state index contributed by atoms with van der Waals surface area (Å²) < 4.78 is 24.7. The highest BCUT2D eigenvalue weighted by Gasteiger charge is 2.89. The summed E-state index contributed by atoms with van der Waals surface area (Å²) >= 11 is 5.91. The molecule has 27 heavy (non-hydrogen) atoms. The van der Waals surface area contributed by atoms with Crippen LogP contribution in [0, 0.1) is 16.7 Å². The average Bonchev–Trinajstić information content (AvgIpc) is 3.30. The standard InChI is InChI=1S/C20H16ClNO4S/c1-13(23)20(14(2)24)18(15-8-10-16(21)11-9-15)19(20,12-22)27(25,26)17-6-4-3-5-7-17/h3-11,18H,1-2H3/t18-,19-/m0/s1. The molecule has 0 amide bonds. The van der Waals surface area contributed by atoms with Gasteiger partial charge in [0.2, 0.25) is 0 Å². The molecule has 5 nitrogen and oxygen atoms in total. The van der Waals surface area contributed by atoms with E-state index in [1.165, 1.54) is 36.4 Å². The number of benzene rings is 2. The molecule has 1 saturated carbocycles. The molecule has 138 valence electrons. The fourth-order valence-corrected chi connectivity index (χ4v) is 6.66. The Morgan fingerprint density at radius 1 is 1.00 bits per heavy atom. The van der Waals surface area contributed by atoms with Crippen molar-refractivity contribution >= 4 is 33.0 Å². The van der Waals surface area contributed by atoms with Crippen molar-refractivity contribution in [2.45, 2.75) is 29.4 Å². The molecule has 0 unspecified atom stereocenters. The molecule has 7 heteroatoms. The summed E-state index contributed by atoms with van der Waals surface area (Å²) in [5, 5.41) is 10.4. The third-order valence-corrected chi connectivity index (χ3v) is 7.94. The van der Waals surface area contributed by atoms with Crippen LogP contribution in [0.15, 0.2) is 59.5 Å². The molecule has 1 aliphatic carbocycles. The molecule has 0 N–H and O–H groups in total. The average molecular weight is 402 g/mol. The molecular formula is C20H16ClNO4S. The van der Waals surface area contributed by atoms with Crippen molar-refractivity contribution < 1.29 is 18.0 Å². The number of rotatable bonds is 5. The molecule has 1 aliphatic rings. The number of hydrogen-bond donors (Lipinski definition) is 0. The van der Waals surface area contributed by atoms with E-state index in [1.54, 1.807) is 18.2 Å². The van der Waals surface area contributed by atoms with Crippen LogP contribution in [-0.4, -0.2) is 24.7 Å². The zero-order valence-electron chi connectivity index (χ0n) is 14.6. The zero-order valence-corrected chi connectivity index (χ0v) is 16.2. The normalized spacial score (nSPS) is 23.3. The van der Waals surface area contributed by atoms with E-state index in [2.05, 4.69) is 0 Å². The molecular weight excluding hydrogens is 386 g/mol. The summed E-state index contributed by atoms with van der Waals surface area (Å²) in [7, 11) is -4.32. The van der Waals surface area contributed by atoms with Crippen LogP contribution in [0.4, 0.5) is 0 Å². The second-order valence-electron chi connectivity index (χ2n) is 6.57. The van der Waals surface area contributed by atoms with E-state index in [-0.39, 0.29) is 4.90 Å². The minimum atomic E-state index is -4.32. The molecule has 0 heterocycles. The molecule has 2 aromatic rings. The van der Waals surface area contributed by atoms with Gasteiger partial charge in [-0.05, 0) is 43.7 Å². The number of Topliss-reactive ketones (excluding diaryl/α,β-unsaturated/α-hetero) is 2. The van der Waals surface area contributed by atoms with Gasteiger partial charge in [-0.3, -0.25) is 9.59 Å². The van der Waals surface area contributed by atoms with E-state index in [0.29, 0.717) is 10.6 Å². The minimum absolute atomic E-state index is 0.102. The molecule has 0 spiro atoms. The highest BCUT2D eigenvalue weighted by atomic mass is 35.5. The van der Waals surface area contributed by atoms with Gasteiger partial charge in [0.1, 0.15) is 17.0 Å². The Labute approximate surface area is 162 Å². The topological polar surface area (TPSA) is 92.1 Å². The van der Waals surface area contributed by atoms with Gasteiger partial charge in [-0.15, -0.1) is 0 Å². The third kappa shape index (κ3) is 2.32. The van der Waals surface area contributed by atoms with Gasteiger partial charge < -0.3 is 0 Å². The van der Waals surface area contributed by atoms with Crippen LogP contribution in [0.3, 0.4) is 0 Å². The van der Waals surface area contributed by atoms with Crippen molar-refractivity contribution in [2.24, 2.45) is 5.41 Å². The molecule has 0 aliphatic heterocycles. The number of nitriles is 1. The van der Waals surface area contributed by atoms with E-state index >= 15 is 0 Å². The van der Waals surface area contributed by atoms with Gasteiger partial charge in [-0.1, -0.05) is 41.9 Å².